The summed E-state index contributed by atoms with van der Waals surface area (Å²) in [6.45, 7) is 4.62. The van der Waals surface area contributed by atoms with E-state index >= 15 is 0 Å². The molecule has 0 aliphatic carbocycles. The van der Waals surface area contributed by atoms with E-state index in [0.717, 1.165) is 11.1 Å². The van der Waals surface area contributed by atoms with Crippen molar-refractivity contribution in [3.8, 4) is 0 Å². The maximum Gasteiger partial charge on any atom is 0.184 e. The number of aliphatic hydroxyl groups is 1. The Bertz CT molecular complexity index is 767. The predicted octanol–water partition coefficient (Wildman–Crippen LogP) is 2.97. The SMILES string of the molecule is C=CCO[C@@H]1C(O)O[C@@H]2CO[C@@H](c3ccccc3)O[C@H]2[C@@H]1OCc1ccccc1. The molecule has 2 saturated heterocycles. The monoisotopic (exact) mass is 398 g/mol. The van der Waals surface area contributed by atoms with Gasteiger partial charge in [0, 0.05) is 5.56 Å². The molecule has 0 saturated carbocycles. The lowest BCUT2D eigenvalue weighted by Crippen LogP contribution is -2.63. The maximum absolute atomic E-state index is 10.5. The van der Waals surface area contributed by atoms with E-state index in [2.05, 4.69) is 6.58 Å². The lowest BCUT2D eigenvalue weighted by Gasteiger charge is -2.47. The minimum Gasteiger partial charge on any atom is -0.368 e. The summed E-state index contributed by atoms with van der Waals surface area (Å²) in [6, 6.07) is 19.6. The Morgan fingerprint density at radius 1 is 0.966 bits per heavy atom. The van der Waals surface area contributed by atoms with Crippen LogP contribution in [0.15, 0.2) is 73.3 Å². The van der Waals surface area contributed by atoms with Gasteiger partial charge in [-0.2, -0.15) is 0 Å². The van der Waals surface area contributed by atoms with Crippen molar-refractivity contribution in [3.63, 3.8) is 0 Å². The van der Waals surface area contributed by atoms with E-state index < -0.39 is 37.0 Å². The van der Waals surface area contributed by atoms with Gasteiger partial charge in [-0.05, 0) is 5.56 Å². The summed E-state index contributed by atoms with van der Waals surface area (Å²) in [5.41, 5.74) is 1.95. The molecule has 2 aliphatic rings. The van der Waals surface area contributed by atoms with Crippen molar-refractivity contribution in [1.29, 1.82) is 0 Å². The number of aliphatic hydroxyl groups excluding tert-OH is 1. The molecule has 2 heterocycles. The molecule has 2 aromatic rings. The molecule has 6 heteroatoms. The van der Waals surface area contributed by atoms with Crippen LogP contribution in [0.3, 0.4) is 0 Å². The van der Waals surface area contributed by atoms with E-state index in [1.165, 1.54) is 0 Å². The number of fused-ring (bicyclic) bond motifs is 1. The van der Waals surface area contributed by atoms with Crippen LogP contribution in [0.1, 0.15) is 17.4 Å². The highest BCUT2D eigenvalue weighted by atomic mass is 16.7. The summed E-state index contributed by atoms with van der Waals surface area (Å²) in [7, 11) is 0. The van der Waals surface area contributed by atoms with Crippen molar-refractivity contribution < 1.29 is 28.8 Å². The second kappa shape index (κ2) is 9.63. The van der Waals surface area contributed by atoms with Gasteiger partial charge in [-0.3, -0.25) is 0 Å². The van der Waals surface area contributed by atoms with Gasteiger partial charge in [-0.1, -0.05) is 66.7 Å². The topological polar surface area (TPSA) is 66.4 Å². The summed E-state index contributed by atoms with van der Waals surface area (Å²) in [5.74, 6) is 0. The lowest BCUT2D eigenvalue weighted by molar-refractivity contribution is -0.364. The maximum atomic E-state index is 10.5. The zero-order valence-electron chi connectivity index (χ0n) is 16.1. The zero-order chi connectivity index (χ0) is 20.1. The fourth-order valence-electron chi connectivity index (χ4n) is 3.66. The third kappa shape index (κ3) is 4.75. The predicted molar refractivity (Wildman–Crippen MR) is 106 cm³/mol. The average Bonchev–Trinajstić information content (AvgIpc) is 2.77. The molecule has 1 N–H and O–H groups in total. The van der Waals surface area contributed by atoms with Crippen LogP contribution < -0.4 is 0 Å². The molecule has 154 valence electrons. The lowest BCUT2D eigenvalue weighted by atomic mass is 9.97. The molecule has 0 radical (unpaired) electrons. The normalized spacial score (nSPS) is 31.8. The molecule has 2 aliphatic heterocycles. The number of ether oxygens (including phenoxy) is 5. The first-order valence-corrected chi connectivity index (χ1v) is 9.80. The van der Waals surface area contributed by atoms with E-state index in [9.17, 15) is 5.11 Å². The summed E-state index contributed by atoms with van der Waals surface area (Å²) in [4.78, 5) is 0. The molecule has 29 heavy (non-hydrogen) atoms. The Balaban J connectivity index is 1.54. The molecule has 0 amide bonds. The summed E-state index contributed by atoms with van der Waals surface area (Å²) >= 11 is 0. The number of hydrogen-bond acceptors (Lipinski definition) is 6. The summed E-state index contributed by atoms with van der Waals surface area (Å²) < 4.78 is 29.8. The largest absolute Gasteiger partial charge is 0.368 e. The van der Waals surface area contributed by atoms with Crippen molar-refractivity contribution in [2.75, 3.05) is 13.2 Å². The van der Waals surface area contributed by atoms with Crippen molar-refractivity contribution in [1.82, 2.24) is 0 Å². The van der Waals surface area contributed by atoms with E-state index in [-0.39, 0.29) is 6.61 Å². The zero-order valence-corrected chi connectivity index (χ0v) is 16.1. The first-order valence-electron chi connectivity index (χ1n) is 9.80. The van der Waals surface area contributed by atoms with Crippen molar-refractivity contribution in [3.05, 3.63) is 84.4 Å². The Hall–Kier alpha value is -2.06. The molecule has 2 aromatic carbocycles. The highest BCUT2D eigenvalue weighted by Gasteiger charge is 2.50. The smallest absolute Gasteiger partial charge is 0.184 e. The van der Waals surface area contributed by atoms with E-state index in [1.54, 1.807) is 6.08 Å². The van der Waals surface area contributed by atoms with Gasteiger partial charge in [0.2, 0.25) is 0 Å². The molecular formula is C23H26O6. The molecule has 1 unspecified atom stereocenters. The highest BCUT2D eigenvalue weighted by Crippen LogP contribution is 2.36. The van der Waals surface area contributed by atoms with Crippen molar-refractivity contribution in [2.45, 2.75) is 43.6 Å². The van der Waals surface area contributed by atoms with Crippen molar-refractivity contribution >= 4 is 0 Å². The van der Waals surface area contributed by atoms with Gasteiger partial charge in [-0.15, -0.1) is 6.58 Å². The minimum atomic E-state index is -1.14. The molecule has 0 bridgehead atoms. The van der Waals surface area contributed by atoms with Crippen LogP contribution >= 0.6 is 0 Å². The molecular weight excluding hydrogens is 372 g/mol. The van der Waals surface area contributed by atoms with Gasteiger partial charge in [0.25, 0.3) is 0 Å². The van der Waals surface area contributed by atoms with Crippen LogP contribution in [-0.2, 0) is 30.3 Å². The Kier molecular flexibility index (Phi) is 6.71. The number of hydrogen-bond donors (Lipinski definition) is 1. The minimum absolute atomic E-state index is 0.270. The quantitative estimate of drug-likeness (QED) is 0.724. The molecule has 0 aromatic heterocycles. The van der Waals surface area contributed by atoms with E-state index in [4.69, 9.17) is 23.7 Å². The van der Waals surface area contributed by atoms with Gasteiger partial charge >= 0.3 is 0 Å². The van der Waals surface area contributed by atoms with Crippen LogP contribution in [0.4, 0.5) is 0 Å². The number of rotatable bonds is 7. The van der Waals surface area contributed by atoms with Gasteiger partial charge in [0.05, 0.1) is 19.8 Å². The first kappa shape index (κ1) is 20.2. The molecule has 6 nitrogen and oxygen atoms in total. The van der Waals surface area contributed by atoms with Crippen LogP contribution in [0.2, 0.25) is 0 Å². The van der Waals surface area contributed by atoms with Gasteiger partial charge < -0.3 is 28.8 Å². The summed E-state index contributed by atoms with van der Waals surface area (Å²) in [5, 5.41) is 10.5. The Morgan fingerprint density at radius 2 is 1.69 bits per heavy atom. The van der Waals surface area contributed by atoms with Gasteiger partial charge in [-0.25, -0.2) is 0 Å². The molecule has 6 atom stereocenters. The van der Waals surface area contributed by atoms with Crippen LogP contribution in [0.25, 0.3) is 0 Å². The fourth-order valence-corrected chi connectivity index (χ4v) is 3.66. The second-order valence-corrected chi connectivity index (χ2v) is 7.09. The van der Waals surface area contributed by atoms with Crippen LogP contribution in [0, 0.1) is 0 Å². The van der Waals surface area contributed by atoms with Crippen LogP contribution in [0.5, 0.6) is 0 Å². The van der Waals surface area contributed by atoms with E-state index in [1.807, 2.05) is 60.7 Å². The molecule has 0 spiro atoms. The van der Waals surface area contributed by atoms with Gasteiger partial charge in [0.15, 0.2) is 12.6 Å². The van der Waals surface area contributed by atoms with Crippen LogP contribution in [-0.4, -0.2) is 49.0 Å². The fraction of sp³-hybridized carbons (Fsp3) is 0.391. The third-order valence-electron chi connectivity index (χ3n) is 5.07. The standard InChI is InChI=1S/C23H26O6/c1-2-13-25-21-20(26-14-16-9-5-3-6-10-16)19-18(28-22(21)24)15-27-23(29-19)17-11-7-4-8-12-17/h2-12,18-24H,1,13-15H2/t18-,19-,20+,21+,22?,23-/m1/s1. The summed E-state index contributed by atoms with van der Waals surface area (Å²) in [6.07, 6.45) is -2.17. The molecule has 4 rings (SSSR count). The number of benzene rings is 2. The van der Waals surface area contributed by atoms with E-state index in [0.29, 0.717) is 13.2 Å². The average molecular weight is 398 g/mol. The molecule has 2 fully saturated rings. The first-order chi connectivity index (χ1) is 14.3. The Labute approximate surface area is 170 Å². The highest BCUT2D eigenvalue weighted by molar-refractivity contribution is 5.17. The third-order valence-corrected chi connectivity index (χ3v) is 5.07. The van der Waals surface area contributed by atoms with Crippen molar-refractivity contribution in [2.24, 2.45) is 0 Å². The Morgan fingerprint density at radius 3 is 2.41 bits per heavy atom. The second-order valence-electron chi connectivity index (χ2n) is 7.09. The van der Waals surface area contributed by atoms with Gasteiger partial charge in [0.1, 0.15) is 24.4 Å².